The van der Waals surface area contributed by atoms with Crippen LogP contribution in [0.2, 0.25) is 0 Å². The smallest absolute Gasteiger partial charge is 0.348 e. The number of aromatic amines is 1. The highest BCUT2D eigenvalue weighted by molar-refractivity contribution is 5.96. The Bertz CT molecular complexity index is 1410. The fourth-order valence-corrected chi connectivity index (χ4v) is 3.60. The molecule has 0 fully saturated rings. The predicted molar refractivity (Wildman–Crippen MR) is 134 cm³/mol. The van der Waals surface area contributed by atoms with Gasteiger partial charge in [-0.15, -0.1) is 0 Å². The lowest BCUT2D eigenvalue weighted by atomic mass is 9.96. The fourth-order valence-electron chi connectivity index (χ4n) is 3.60. The van der Waals surface area contributed by atoms with E-state index in [0.29, 0.717) is 47.4 Å². The lowest BCUT2D eigenvalue weighted by molar-refractivity contribution is -0.137. The molecule has 11 heteroatoms. The molecule has 0 aliphatic rings. The molecule has 0 spiro atoms. The molecule has 0 bridgehead atoms. The van der Waals surface area contributed by atoms with Crippen LogP contribution in [0.4, 0.5) is 27.8 Å². The first kappa shape index (κ1) is 28.3. The van der Waals surface area contributed by atoms with E-state index in [1.165, 1.54) is 19.2 Å². The average Bonchev–Trinajstić information content (AvgIpc) is 3.28. The molecule has 200 valence electrons. The maximum atomic E-state index is 14.8. The molecule has 3 rings (SSSR count). The van der Waals surface area contributed by atoms with Crippen molar-refractivity contribution >= 4 is 29.3 Å². The summed E-state index contributed by atoms with van der Waals surface area (Å²) in [5, 5.41) is 4.92. The molecule has 2 aromatic carbocycles. The number of halogens is 5. The number of nitrogens with zero attached hydrogens (tertiary/aromatic N) is 1. The SMILES string of the molecule is CC/C=C(/C=C\c1ncc(NC(C)=O)[nH]1)c1cc(C(=O)NCc2cc(C(F)(F)F)ccc2F)cc(F)c1C. The van der Waals surface area contributed by atoms with Crippen molar-refractivity contribution in [1.82, 2.24) is 15.3 Å². The van der Waals surface area contributed by atoms with Gasteiger partial charge in [0.1, 0.15) is 23.3 Å². The summed E-state index contributed by atoms with van der Waals surface area (Å²) in [5.41, 5.74) is -0.224. The van der Waals surface area contributed by atoms with E-state index in [-0.39, 0.29) is 22.6 Å². The Kier molecular flexibility index (Phi) is 8.82. The van der Waals surface area contributed by atoms with E-state index in [9.17, 15) is 31.5 Å². The monoisotopic (exact) mass is 532 g/mol. The Morgan fingerprint density at radius 3 is 2.50 bits per heavy atom. The van der Waals surface area contributed by atoms with Gasteiger partial charge >= 0.3 is 6.18 Å². The van der Waals surface area contributed by atoms with Crippen molar-refractivity contribution in [1.29, 1.82) is 0 Å². The number of imidazole rings is 1. The van der Waals surface area contributed by atoms with E-state index in [1.54, 1.807) is 19.1 Å². The maximum Gasteiger partial charge on any atom is 0.416 e. The minimum Gasteiger partial charge on any atom is -0.348 e. The van der Waals surface area contributed by atoms with E-state index in [4.69, 9.17) is 0 Å². The van der Waals surface area contributed by atoms with Crippen molar-refractivity contribution in [2.75, 3.05) is 5.32 Å². The molecule has 0 unspecified atom stereocenters. The standard InChI is InChI=1S/C27H25F5N4O2/c1-4-5-17(6-9-24-33-14-25(36-24)35-16(3)37)21-11-18(12-23(29)15(21)2)26(38)34-13-19-10-20(27(30,31)32)7-8-22(19)28/h5-12,14H,4,13H2,1-3H3,(H,33,36)(H,34,38)(H,35,37)/b9-6-,17-5-. The van der Waals surface area contributed by atoms with Gasteiger partial charge < -0.3 is 15.6 Å². The molecule has 2 amide bonds. The number of hydrogen-bond acceptors (Lipinski definition) is 3. The summed E-state index contributed by atoms with van der Waals surface area (Å²) in [6, 6.07) is 4.37. The second-order valence-electron chi connectivity index (χ2n) is 8.38. The number of amides is 2. The summed E-state index contributed by atoms with van der Waals surface area (Å²) in [4.78, 5) is 31.0. The highest BCUT2D eigenvalue weighted by Crippen LogP contribution is 2.30. The zero-order valence-corrected chi connectivity index (χ0v) is 20.8. The molecule has 1 heterocycles. The molecule has 3 N–H and O–H groups in total. The van der Waals surface area contributed by atoms with Crippen LogP contribution in [0.15, 0.2) is 48.7 Å². The largest absolute Gasteiger partial charge is 0.416 e. The maximum absolute atomic E-state index is 14.8. The van der Waals surface area contributed by atoms with Gasteiger partial charge in [0.05, 0.1) is 11.8 Å². The summed E-state index contributed by atoms with van der Waals surface area (Å²) < 4.78 is 67.8. The Morgan fingerprint density at radius 1 is 1.11 bits per heavy atom. The number of alkyl halides is 3. The molecule has 1 aromatic heterocycles. The van der Waals surface area contributed by atoms with Gasteiger partial charge in [-0.25, -0.2) is 13.8 Å². The molecule has 0 aliphatic carbocycles. The fraction of sp³-hybridized carbons (Fsp3) is 0.222. The van der Waals surface area contributed by atoms with Crippen LogP contribution < -0.4 is 10.6 Å². The van der Waals surface area contributed by atoms with Crippen molar-refractivity contribution in [3.63, 3.8) is 0 Å². The molecule has 38 heavy (non-hydrogen) atoms. The third kappa shape index (κ3) is 7.15. The number of H-pyrrole nitrogens is 1. The number of carbonyl (C=O) groups excluding carboxylic acids is 2. The van der Waals surface area contributed by atoms with E-state index < -0.39 is 35.8 Å². The molecule has 0 saturated heterocycles. The molecule has 0 saturated carbocycles. The second-order valence-corrected chi connectivity index (χ2v) is 8.38. The number of hydrogen-bond donors (Lipinski definition) is 3. The van der Waals surface area contributed by atoms with Crippen molar-refractivity contribution in [3.8, 4) is 0 Å². The first-order valence-electron chi connectivity index (χ1n) is 11.5. The average molecular weight is 533 g/mol. The van der Waals surface area contributed by atoms with Crippen LogP contribution in [0.5, 0.6) is 0 Å². The topological polar surface area (TPSA) is 86.9 Å². The highest BCUT2D eigenvalue weighted by Gasteiger charge is 2.31. The number of anilines is 1. The van der Waals surface area contributed by atoms with Gasteiger partial charge in [0.25, 0.3) is 5.91 Å². The van der Waals surface area contributed by atoms with E-state index in [0.717, 1.165) is 6.07 Å². The molecular weight excluding hydrogens is 507 g/mol. The lowest BCUT2D eigenvalue weighted by Gasteiger charge is -2.13. The number of allylic oxidation sites excluding steroid dienone is 3. The van der Waals surface area contributed by atoms with Gasteiger partial charge in [0, 0.05) is 24.6 Å². The zero-order valence-electron chi connectivity index (χ0n) is 20.8. The summed E-state index contributed by atoms with van der Waals surface area (Å²) in [5.74, 6) is -1.81. The minimum absolute atomic E-state index is 0.0863. The highest BCUT2D eigenvalue weighted by atomic mass is 19.4. The predicted octanol–water partition coefficient (Wildman–Crippen LogP) is 6.41. The van der Waals surface area contributed by atoms with Crippen LogP contribution in [0.1, 0.15) is 58.7 Å². The molecular formula is C27H25F5N4O2. The minimum atomic E-state index is -4.67. The summed E-state index contributed by atoms with van der Waals surface area (Å²) in [6.07, 6.45) is 2.46. The second kappa shape index (κ2) is 11.8. The third-order valence-corrected chi connectivity index (χ3v) is 5.48. The van der Waals surface area contributed by atoms with Gasteiger partial charge in [-0.05, 0) is 66.5 Å². The number of rotatable bonds is 8. The van der Waals surface area contributed by atoms with Crippen LogP contribution in [-0.4, -0.2) is 21.8 Å². The van der Waals surface area contributed by atoms with Gasteiger partial charge in [0.2, 0.25) is 5.91 Å². The zero-order chi connectivity index (χ0) is 28.0. The van der Waals surface area contributed by atoms with Crippen molar-refractivity contribution < 1.29 is 31.5 Å². The molecule has 0 radical (unpaired) electrons. The van der Waals surface area contributed by atoms with Crippen molar-refractivity contribution in [3.05, 3.63) is 94.0 Å². The Labute approximate surface area is 215 Å². The van der Waals surface area contributed by atoms with Gasteiger partial charge in [0.15, 0.2) is 0 Å². The Morgan fingerprint density at radius 2 is 1.84 bits per heavy atom. The number of aromatic nitrogens is 2. The normalized spacial score (nSPS) is 12.2. The molecule has 0 aliphatic heterocycles. The van der Waals surface area contributed by atoms with Crippen molar-refractivity contribution in [2.45, 2.75) is 39.9 Å². The quantitative estimate of drug-likeness (QED) is 0.231. The Hall–Kier alpha value is -4.28. The van der Waals surface area contributed by atoms with Gasteiger partial charge in [-0.1, -0.05) is 19.1 Å². The van der Waals surface area contributed by atoms with E-state index >= 15 is 0 Å². The first-order chi connectivity index (χ1) is 17.9. The summed E-state index contributed by atoms with van der Waals surface area (Å²) in [6.45, 7) is 4.26. The molecule has 6 nitrogen and oxygen atoms in total. The van der Waals surface area contributed by atoms with Crippen LogP contribution >= 0.6 is 0 Å². The molecule has 0 atom stereocenters. The van der Waals surface area contributed by atoms with Crippen LogP contribution in [-0.2, 0) is 17.5 Å². The summed E-state index contributed by atoms with van der Waals surface area (Å²) in [7, 11) is 0. The van der Waals surface area contributed by atoms with E-state index in [2.05, 4.69) is 20.6 Å². The van der Waals surface area contributed by atoms with Crippen molar-refractivity contribution in [2.24, 2.45) is 0 Å². The van der Waals surface area contributed by atoms with Gasteiger partial charge in [-0.2, -0.15) is 13.2 Å². The lowest BCUT2D eigenvalue weighted by Crippen LogP contribution is -2.24. The van der Waals surface area contributed by atoms with Gasteiger partial charge in [-0.3, -0.25) is 9.59 Å². The van der Waals surface area contributed by atoms with Crippen LogP contribution in [0, 0.1) is 18.6 Å². The number of carbonyl (C=O) groups is 2. The summed E-state index contributed by atoms with van der Waals surface area (Å²) >= 11 is 0. The number of benzene rings is 2. The number of nitrogens with one attached hydrogen (secondary N) is 3. The van der Waals surface area contributed by atoms with Crippen LogP contribution in [0.3, 0.4) is 0 Å². The Balaban J connectivity index is 1.85. The van der Waals surface area contributed by atoms with E-state index in [1.807, 2.05) is 13.0 Å². The third-order valence-electron chi connectivity index (χ3n) is 5.48. The molecule has 3 aromatic rings. The first-order valence-corrected chi connectivity index (χ1v) is 11.5. The van der Waals surface area contributed by atoms with Crippen LogP contribution in [0.25, 0.3) is 11.6 Å².